The molecule has 1 saturated carbocycles. The lowest BCUT2D eigenvalue weighted by Gasteiger charge is -2.19. The van der Waals surface area contributed by atoms with Gasteiger partial charge in [0.25, 0.3) is 0 Å². The fourth-order valence-electron chi connectivity index (χ4n) is 4.37. The number of benzene rings is 1. The van der Waals surface area contributed by atoms with Gasteiger partial charge in [0.1, 0.15) is 0 Å². The van der Waals surface area contributed by atoms with Gasteiger partial charge in [0.2, 0.25) is 11.8 Å². The Labute approximate surface area is 130 Å². The number of imide groups is 1. The normalized spacial score (nSPS) is 32.0. The molecule has 0 radical (unpaired) electrons. The van der Waals surface area contributed by atoms with E-state index in [0.29, 0.717) is 0 Å². The SMILES string of the molecule is Cc1cc(C)cc(NCN2C(=O)[C@@H]3[C@@H](C2=O)[C@H]2C=C[C@@H]3C2)c1. The summed E-state index contributed by atoms with van der Waals surface area (Å²) in [5, 5.41) is 3.23. The van der Waals surface area contributed by atoms with Gasteiger partial charge < -0.3 is 5.32 Å². The highest BCUT2D eigenvalue weighted by atomic mass is 16.2. The first-order valence-electron chi connectivity index (χ1n) is 7.90. The van der Waals surface area contributed by atoms with E-state index < -0.39 is 0 Å². The zero-order chi connectivity index (χ0) is 15.4. The fourth-order valence-corrected chi connectivity index (χ4v) is 4.37. The maximum absolute atomic E-state index is 12.6. The summed E-state index contributed by atoms with van der Waals surface area (Å²) in [4.78, 5) is 26.6. The average Bonchev–Trinajstić information content (AvgIpc) is 3.11. The molecule has 2 fully saturated rings. The van der Waals surface area contributed by atoms with Crippen molar-refractivity contribution in [3.05, 3.63) is 41.5 Å². The Hall–Kier alpha value is -2.10. The van der Waals surface area contributed by atoms with Gasteiger partial charge in [-0.1, -0.05) is 18.2 Å². The van der Waals surface area contributed by atoms with Gasteiger partial charge in [-0.05, 0) is 55.4 Å². The van der Waals surface area contributed by atoms with Gasteiger partial charge in [0.05, 0.1) is 18.5 Å². The molecular formula is C18H20N2O2. The predicted octanol–water partition coefficient (Wildman–Crippen LogP) is 2.48. The molecule has 22 heavy (non-hydrogen) atoms. The van der Waals surface area contributed by atoms with Gasteiger partial charge >= 0.3 is 0 Å². The zero-order valence-electron chi connectivity index (χ0n) is 12.9. The number of anilines is 1. The molecule has 4 heteroatoms. The number of likely N-dealkylation sites (tertiary alicyclic amines) is 1. The molecule has 0 unspecified atom stereocenters. The number of rotatable bonds is 3. The van der Waals surface area contributed by atoms with Gasteiger partial charge in [0, 0.05) is 5.69 Å². The molecule has 4 atom stereocenters. The van der Waals surface area contributed by atoms with Crippen molar-refractivity contribution in [1.29, 1.82) is 0 Å². The predicted molar refractivity (Wildman–Crippen MR) is 84.0 cm³/mol. The Morgan fingerprint density at radius 1 is 1.00 bits per heavy atom. The van der Waals surface area contributed by atoms with Gasteiger partial charge in [-0.15, -0.1) is 0 Å². The molecule has 0 aromatic heterocycles. The maximum atomic E-state index is 12.6. The molecule has 3 aliphatic rings. The molecule has 1 saturated heterocycles. The lowest BCUT2D eigenvalue weighted by molar-refractivity contribution is -0.140. The molecule has 1 aromatic rings. The molecule has 114 valence electrons. The molecule has 1 heterocycles. The van der Waals surface area contributed by atoms with E-state index in [2.05, 4.69) is 23.5 Å². The minimum atomic E-state index is -0.108. The van der Waals surface area contributed by atoms with E-state index in [1.54, 1.807) is 0 Å². The summed E-state index contributed by atoms with van der Waals surface area (Å²) in [5.41, 5.74) is 3.29. The largest absolute Gasteiger partial charge is 0.367 e. The Morgan fingerprint density at radius 2 is 1.55 bits per heavy atom. The quantitative estimate of drug-likeness (QED) is 0.688. The lowest BCUT2D eigenvalue weighted by atomic mass is 9.85. The van der Waals surface area contributed by atoms with Crippen LogP contribution >= 0.6 is 0 Å². The summed E-state index contributed by atoms with van der Waals surface area (Å²) in [5.74, 6) is 0.342. The van der Waals surface area contributed by atoms with Crippen LogP contribution < -0.4 is 5.32 Å². The van der Waals surface area contributed by atoms with E-state index >= 15 is 0 Å². The summed E-state index contributed by atoms with van der Waals surface area (Å²) < 4.78 is 0. The third-order valence-electron chi connectivity index (χ3n) is 5.22. The smallest absolute Gasteiger partial charge is 0.235 e. The van der Waals surface area contributed by atoms with E-state index in [1.807, 2.05) is 26.0 Å². The van der Waals surface area contributed by atoms with Crippen molar-refractivity contribution in [2.75, 3.05) is 12.0 Å². The number of amides is 2. The monoisotopic (exact) mass is 296 g/mol. The van der Waals surface area contributed by atoms with Gasteiger partial charge in [-0.3, -0.25) is 14.5 Å². The van der Waals surface area contributed by atoms with Crippen molar-refractivity contribution in [2.24, 2.45) is 23.7 Å². The van der Waals surface area contributed by atoms with Crippen molar-refractivity contribution in [1.82, 2.24) is 4.90 Å². The van der Waals surface area contributed by atoms with E-state index in [0.717, 1.165) is 12.1 Å². The van der Waals surface area contributed by atoms with E-state index in [4.69, 9.17) is 0 Å². The number of nitrogens with one attached hydrogen (secondary N) is 1. The first-order chi connectivity index (χ1) is 10.5. The second-order valence-corrected chi connectivity index (χ2v) is 6.82. The number of carbonyl (C=O) groups excluding carboxylic acids is 2. The number of aryl methyl sites for hydroxylation is 2. The average molecular weight is 296 g/mol. The van der Waals surface area contributed by atoms with Crippen LogP contribution in [-0.2, 0) is 9.59 Å². The summed E-state index contributed by atoms with van der Waals surface area (Å²) in [6.45, 7) is 4.35. The van der Waals surface area contributed by atoms with Crippen molar-refractivity contribution in [2.45, 2.75) is 20.3 Å². The minimum Gasteiger partial charge on any atom is -0.367 e. The maximum Gasteiger partial charge on any atom is 0.235 e. The molecule has 0 spiro atoms. The van der Waals surface area contributed by atoms with E-state index in [1.165, 1.54) is 16.0 Å². The molecule has 4 nitrogen and oxygen atoms in total. The number of hydrogen-bond acceptors (Lipinski definition) is 3. The van der Waals surface area contributed by atoms with E-state index in [-0.39, 0.29) is 42.2 Å². The molecule has 1 N–H and O–H groups in total. The minimum absolute atomic E-state index is 0.00345. The molecule has 1 aliphatic heterocycles. The highest BCUT2D eigenvalue weighted by Gasteiger charge is 2.59. The van der Waals surface area contributed by atoms with Gasteiger partial charge in [-0.2, -0.15) is 0 Å². The number of nitrogens with zero attached hydrogens (tertiary/aromatic N) is 1. The van der Waals surface area contributed by atoms with Gasteiger partial charge in [0.15, 0.2) is 0 Å². The first kappa shape index (κ1) is 13.6. The topological polar surface area (TPSA) is 49.4 Å². The highest BCUT2D eigenvalue weighted by Crippen LogP contribution is 2.52. The van der Waals surface area contributed by atoms with Gasteiger partial charge in [-0.25, -0.2) is 0 Å². The second kappa shape index (κ2) is 4.70. The Kier molecular flexibility index (Phi) is 2.90. The number of carbonyl (C=O) groups is 2. The Morgan fingerprint density at radius 3 is 2.09 bits per heavy atom. The lowest BCUT2D eigenvalue weighted by Crippen LogP contribution is -2.37. The van der Waals surface area contributed by atoms with Crippen molar-refractivity contribution < 1.29 is 9.59 Å². The van der Waals surface area contributed by atoms with Crippen LogP contribution in [0.15, 0.2) is 30.4 Å². The molecule has 1 aromatic carbocycles. The second-order valence-electron chi connectivity index (χ2n) is 6.82. The van der Waals surface area contributed by atoms with Crippen LogP contribution in [0.2, 0.25) is 0 Å². The van der Waals surface area contributed by atoms with Crippen LogP contribution in [0.1, 0.15) is 17.5 Å². The fraction of sp³-hybridized carbons (Fsp3) is 0.444. The Balaban J connectivity index is 1.50. The number of fused-ring (bicyclic) bond motifs is 5. The van der Waals surface area contributed by atoms with Crippen LogP contribution in [0.5, 0.6) is 0 Å². The highest BCUT2D eigenvalue weighted by molar-refractivity contribution is 6.06. The Bertz CT molecular complexity index is 644. The zero-order valence-corrected chi connectivity index (χ0v) is 12.9. The number of allylic oxidation sites excluding steroid dienone is 2. The van der Waals surface area contributed by atoms with Crippen LogP contribution in [0.4, 0.5) is 5.69 Å². The van der Waals surface area contributed by atoms with Crippen LogP contribution in [-0.4, -0.2) is 23.4 Å². The molecular weight excluding hydrogens is 276 g/mol. The third kappa shape index (κ3) is 1.90. The van der Waals surface area contributed by atoms with Crippen molar-refractivity contribution in [3.8, 4) is 0 Å². The van der Waals surface area contributed by atoms with E-state index in [9.17, 15) is 9.59 Å². The standard InChI is InChI=1S/C18H20N2O2/c1-10-5-11(2)7-14(6-10)19-9-20-17(21)15-12-3-4-13(8-12)16(15)18(20)22/h3-7,12-13,15-16,19H,8-9H2,1-2H3/t12-,13+,15-,16-/m0/s1. The molecule has 4 rings (SSSR count). The first-order valence-corrected chi connectivity index (χ1v) is 7.90. The molecule has 2 bridgehead atoms. The summed E-state index contributed by atoms with van der Waals surface area (Å²) >= 11 is 0. The third-order valence-corrected chi connectivity index (χ3v) is 5.22. The van der Waals surface area contributed by atoms with Crippen molar-refractivity contribution >= 4 is 17.5 Å². The summed E-state index contributed by atoms with van der Waals surface area (Å²) in [6.07, 6.45) is 5.22. The van der Waals surface area contributed by atoms with Crippen molar-refractivity contribution in [3.63, 3.8) is 0 Å². The van der Waals surface area contributed by atoms with Crippen LogP contribution in [0.3, 0.4) is 0 Å². The molecule has 2 aliphatic carbocycles. The van der Waals surface area contributed by atoms with Crippen LogP contribution in [0.25, 0.3) is 0 Å². The summed E-state index contributed by atoms with van der Waals surface area (Å²) in [6, 6.07) is 6.17. The summed E-state index contributed by atoms with van der Waals surface area (Å²) in [7, 11) is 0. The number of hydrogen-bond donors (Lipinski definition) is 1. The molecule has 2 amide bonds. The van der Waals surface area contributed by atoms with Crippen LogP contribution in [0, 0.1) is 37.5 Å².